The van der Waals surface area contributed by atoms with Crippen LogP contribution in [0.5, 0.6) is 17.2 Å². The maximum atomic E-state index is 12.9. The van der Waals surface area contributed by atoms with Gasteiger partial charge in [0.1, 0.15) is 28.2 Å². The maximum absolute atomic E-state index is 12.9. The Hall–Kier alpha value is -4.42. The third kappa shape index (κ3) is 4.34. The van der Waals surface area contributed by atoms with Crippen molar-refractivity contribution in [2.75, 3.05) is 19.5 Å². The number of aromatic amines is 1. The van der Waals surface area contributed by atoms with Crippen molar-refractivity contribution in [2.45, 2.75) is 26.9 Å². The summed E-state index contributed by atoms with van der Waals surface area (Å²) >= 11 is 0. The molecule has 0 spiro atoms. The van der Waals surface area contributed by atoms with Crippen molar-refractivity contribution < 1.29 is 32.2 Å². The van der Waals surface area contributed by atoms with Crippen LogP contribution in [0.1, 0.15) is 16.8 Å². The third-order valence-electron chi connectivity index (χ3n) is 5.36. The van der Waals surface area contributed by atoms with Crippen LogP contribution in [0.3, 0.4) is 0 Å². The van der Waals surface area contributed by atoms with E-state index >= 15 is 0 Å². The molecule has 2 aromatic heterocycles. The van der Waals surface area contributed by atoms with Crippen molar-refractivity contribution in [1.82, 2.24) is 19.9 Å². The molecule has 0 aliphatic heterocycles. The summed E-state index contributed by atoms with van der Waals surface area (Å²) in [6.45, 7) is 4.78. The van der Waals surface area contributed by atoms with Gasteiger partial charge in [0.25, 0.3) is 5.56 Å². The zero-order valence-electron chi connectivity index (χ0n) is 19.7. The summed E-state index contributed by atoms with van der Waals surface area (Å²) in [5.41, 5.74) is 0.855. The highest BCUT2D eigenvalue weighted by atomic mass is 19.4. The van der Waals surface area contributed by atoms with Crippen molar-refractivity contribution in [3.8, 4) is 17.2 Å². The van der Waals surface area contributed by atoms with Crippen LogP contribution in [0.2, 0.25) is 0 Å². The van der Waals surface area contributed by atoms with E-state index < -0.39 is 23.5 Å². The number of nitrogens with one attached hydrogen (secondary N) is 2. The molecular weight excluding hydrogens is 483 g/mol. The lowest BCUT2D eigenvalue weighted by Gasteiger charge is -2.15. The van der Waals surface area contributed by atoms with E-state index in [1.807, 2.05) is 0 Å². The molecule has 2 heterocycles. The molecule has 13 heteroatoms. The number of carbonyl (C=O) groups is 1. The molecule has 0 radical (unpaired) electrons. The van der Waals surface area contributed by atoms with Gasteiger partial charge >= 0.3 is 12.1 Å². The number of hydrogen-bond acceptors (Lipinski definition) is 9. The fourth-order valence-corrected chi connectivity index (χ4v) is 3.82. The molecule has 0 atom stereocenters. The van der Waals surface area contributed by atoms with Gasteiger partial charge in [-0.2, -0.15) is 13.2 Å². The van der Waals surface area contributed by atoms with Gasteiger partial charge in [0.2, 0.25) is 11.9 Å². The fraction of sp³-hybridized carbons (Fsp3) is 0.261. The summed E-state index contributed by atoms with van der Waals surface area (Å²) in [6.07, 6.45) is -5.24. The van der Waals surface area contributed by atoms with Gasteiger partial charge in [0.05, 0.1) is 30.8 Å². The number of fused-ring (bicyclic) bond motifs is 2. The highest BCUT2D eigenvalue weighted by Crippen LogP contribution is 2.35. The minimum atomic E-state index is -5.24. The van der Waals surface area contributed by atoms with Gasteiger partial charge in [-0.15, -0.1) is 0 Å². The Balaban J connectivity index is 1.83. The normalized spacial score (nSPS) is 11.6. The molecule has 0 unspecified atom stereocenters. The van der Waals surface area contributed by atoms with Crippen LogP contribution in [0, 0.1) is 20.8 Å². The second kappa shape index (κ2) is 8.98. The number of ether oxygens (including phenoxy) is 3. The van der Waals surface area contributed by atoms with E-state index in [-0.39, 0.29) is 28.4 Å². The van der Waals surface area contributed by atoms with E-state index in [9.17, 15) is 22.8 Å². The first kappa shape index (κ1) is 24.7. The lowest BCUT2D eigenvalue weighted by molar-refractivity contribution is -0.189. The Kier molecular flexibility index (Phi) is 6.16. The second-order valence-corrected chi connectivity index (χ2v) is 7.82. The van der Waals surface area contributed by atoms with Gasteiger partial charge in [-0.05, 0) is 44.0 Å². The molecule has 4 rings (SSSR count). The summed E-state index contributed by atoms with van der Waals surface area (Å²) in [6, 6.07) is 4.87. The van der Waals surface area contributed by atoms with Crippen LogP contribution in [0.15, 0.2) is 23.0 Å². The van der Waals surface area contributed by atoms with Gasteiger partial charge in [-0.3, -0.25) is 15.1 Å². The summed E-state index contributed by atoms with van der Waals surface area (Å²) < 4.78 is 53.7. The monoisotopic (exact) mass is 503 g/mol. The van der Waals surface area contributed by atoms with Gasteiger partial charge in [-0.1, -0.05) is 6.07 Å². The fourth-order valence-electron chi connectivity index (χ4n) is 3.82. The second-order valence-electron chi connectivity index (χ2n) is 7.82. The highest BCUT2D eigenvalue weighted by Gasteiger charge is 2.42. The van der Waals surface area contributed by atoms with Crippen LogP contribution >= 0.6 is 0 Å². The standard InChI is InChI=1S/C23H20F3N5O5/c1-9-8-10(2)18(36-20(33)23(24,25)26)15-16(9)28-22(30-19(15)32)31-21-27-11(3)14-12(34-4)6-7-13(35-5)17(14)29-21/h6-8H,1-5H3,(H2,27,28,29,30,31,32). The van der Waals surface area contributed by atoms with E-state index in [1.54, 1.807) is 26.0 Å². The summed E-state index contributed by atoms with van der Waals surface area (Å²) in [5.74, 6) is -1.97. The van der Waals surface area contributed by atoms with Crippen LogP contribution < -0.4 is 25.1 Å². The molecule has 0 amide bonds. The van der Waals surface area contributed by atoms with E-state index in [0.717, 1.165) is 0 Å². The summed E-state index contributed by atoms with van der Waals surface area (Å²) in [5, 5.41) is 3.15. The van der Waals surface area contributed by atoms with Crippen LogP contribution in [-0.4, -0.2) is 46.3 Å². The Morgan fingerprint density at radius 2 is 1.61 bits per heavy atom. The molecule has 0 aliphatic rings. The minimum absolute atomic E-state index is 0.0357. The van der Waals surface area contributed by atoms with Crippen molar-refractivity contribution in [3.63, 3.8) is 0 Å². The van der Waals surface area contributed by atoms with Crippen molar-refractivity contribution in [3.05, 3.63) is 45.4 Å². The number of aromatic nitrogens is 4. The molecule has 0 saturated heterocycles. The van der Waals surface area contributed by atoms with Gasteiger partial charge in [-0.25, -0.2) is 19.7 Å². The zero-order valence-corrected chi connectivity index (χ0v) is 19.7. The molecule has 0 bridgehead atoms. The Morgan fingerprint density at radius 3 is 2.25 bits per heavy atom. The Morgan fingerprint density at radius 1 is 0.944 bits per heavy atom. The predicted octanol–water partition coefficient (Wildman–Crippen LogP) is 4.02. The van der Waals surface area contributed by atoms with Crippen LogP contribution in [-0.2, 0) is 4.79 Å². The molecule has 188 valence electrons. The number of H-pyrrole nitrogens is 1. The number of rotatable bonds is 5. The zero-order chi connectivity index (χ0) is 26.4. The van der Waals surface area contributed by atoms with Gasteiger partial charge in [0, 0.05) is 0 Å². The molecule has 2 N–H and O–H groups in total. The van der Waals surface area contributed by atoms with Crippen LogP contribution in [0.4, 0.5) is 25.1 Å². The van der Waals surface area contributed by atoms with Crippen molar-refractivity contribution >= 4 is 39.7 Å². The van der Waals surface area contributed by atoms with Crippen molar-refractivity contribution in [2.24, 2.45) is 0 Å². The molecule has 0 fully saturated rings. The molecular formula is C23H20F3N5O5. The quantitative estimate of drug-likeness (QED) is 0.306. The number of methoxy groups -OCH3 is 2. The SMILES string of the molecule is COc1ccc(OC)c2c(C)nc(Nc3nc4c(C)cc(C)c(OC(=O)C(F)(F)F)c4c(=O)[nH]3)nc12. The number of hydrogen-bond donors (Lipinski definition) is 2. The van der Waals surface area contributed by atoms with Gasteiger partial charge < -0.3 is 14.2 Å². The van der Waals surface area contributed by atoms with Gasteiger partial charge in [0.15, 0.2) is 0 Å². The molecule has 0 aliphatic carbocycles. The average molecular weight is 503 g/mol. The molecule has 4 aromatic rings. The lowest BCUT2D eigenvalue weighted by Crippen LogP contribution is -2.29. The number of halogens is 3. The lowest BCUT2D eigenvalue weighted by atomic mass is 10.1. The molecule has 2 aromatic carbocycles. The number of aryl methyl sites for hydroxylation is 3. The average Bonchev–Trinajstić information content (AvgIpc) is 2.80. The molecule has 0 saturated carbocycles. The smallest absolute Gasteiger partial charge is 0.491 e. The topological polar surface area (TPSA) is 128 Å². The first-order valence-corrected chi connectivity index (χ1v) is 10.4. The minimum Gasteiger partial charge on any atom is -0.496 e. The molecule has 10 nitrogen and oxygen atoms in total. The Bertz CT molecular complexity index is 1580. The summed E-state index contributed by atoms with van der Waals surface area (Å²) in [4.78, 5) is 40.0. The number of carbonyl (C=O) groups excluding carboxylic acids is 1. The number of alkyl halides is 3. The first-order chi connectivity index (χ1) is 16.9. The predicted molar refractivity (Wildman–Crippen MR) is 124 cm³/mol. The van der Waals surface area contributed by atoms with Crippen molar-refractivity contribution in [1.29, 1.82) is 0 Å². The maximum Gasteiger partial charge on any atom is 0.491 e. The van der Waals surface area contributed by atoms with E-state index in [2.05, 4.69) is 30.0 Å². The van der Waals surface area contributed by atoms with Crippen LogP contribution in [0.25, 0.3) is 21.8 Å². The Labute approximate surface area is 201 Å². The van der Waals surface area contributed by atoms with E-state index in [1.165, 1.54) is 27.2 Å². The summed E-state index contributed by atoms with van der Waals surface area (Å²) in [7, 11) is 3.00. The first-order valence-electron chi connectivity index (χ1n) is 10.4. The number of benzene rings is 2. The van der Waals surface area contributed by atoms with E-state index in [4.69, 9.17) is 9.47 Å². The number of esters is 1. The molecule has 36 heavy (non-hydrogen) atoms. The highest BCUT2D eigenvalue weighted by molar-refractivity contribution is 5.94. The number of nitrogens with zero attached hydrogens (tertiary/aromatic N) is 3. The van der Waals surface area contributed by atoms with E-state index in [0.29, 0.717) is 33.7 Å². The third-order valence-corrected chi connectivity index (χ3v) is 5.36. The largest absolute Gasteiger partial charge is 0.496 e. The number of anilines is 2.